The van der Waals surface area contributed by atoms with Crippen molar-refractivity contribution in [3.05, 3.63) is 125 Å². The van der Waals surface area contributed by atoms with Gasteiger partial charge in [0.2, 0.25) is 0 Å². The third-order valence-electron chi connectivity index (χ3n) is 7.38. The molecule has 4 aromatic carbocycles. The lowest BCUT2D eigenvalue weighted by Gasteiger charge is -2.30. The molecule has 207 valence electrons. The molecule has 41 heavy (non-hydrogen) atoms. The highest BCUT2D eigenvalue weighted by atomic mass is 16.6. The van der Waals surface area contributed by atoms with Crippen LogP contribution in [0.4, 0.5) is 4.79 Å². The molecule has 0 aliphatic heterocycles. The molecule has 6 nitrogen and oxygen atoms in total. The number of esters is 1. The van der Waals surface area contributed by atoms with E-state index in [2.05, 4.69) is 12.1 Å². The smallest absolute Gasteiger partial charge is 0.410 e. The van der Waals surface area contributed by atoms with E-state index in [1.54, 1.807) is 0 Å². The van der Waals surface area contributed by atoms with E-state index in [-0.39, 0.29) is 31.1 Å². The number of fused-ring (bicyclic) bond motifs is 1. The molecule has 0 N–H and O–H groups in total. The minimum atomic E-state index is -0.368. The maximum atomic E-state index is 13.7. The number of hydrogen-bond acceptors (Lipinski definition) is 5. The Morgan fingerprint density at radius 3 is 2.49 bits per heavy atom. The van der Waals surface area contributed by atoms with E-state index in [4.69, 9.17) is 14.2 Å². The van der Waals surface area contributed by atoms with Crippen LogP contribution in [-0.2, 0) is 40.3 Å². The van der Waals surface area contributed by atoms with Gasteiger partial charge in [0.15, 0.2) is 0 Å². The largest absolute Gasteiger partial charge is 0.469 e. The van der Waals surface area contributed by atoms with E-state index < -0.39 is 0 Å². The normalized spacial score (nSPS) is 13.7. The van der Waals surface area contributed by atoms with Crippen molar-refractivity contribution in [2.75, 3.05) is 7.11 Å². The molecule has 7 heteroatoms. The van der Waals surface area contributed by atoms with Crippen molar-refractivity contribution < 1.29 is 23.8 Å². The van der Waals surface area contributed by atoms with Crippen LogP contribution in [0.3, 0.4) is 0 Å². The van der Waals surface area contributed by atoms with Gasteiger partial charge in [-0.1, -0.05) is 91.1 Å². The Labute approximate surface area is 242 Å². The molecule has 1 aliphatic rings. The van der Waals surface area contributed by atoms with Crippen molar-refractivity contribution in [2.24, 2.45) is 0 Å². The second kappa shape index (κ2) is 13.2. The van der Waals surface area contributed by atoms with Crippen molar-refractivity contribution in [1.82, 2.24) is 4.90 Å². The molecular formula is C34H33BNO5. The van der Waals surface area contributed by atoms with Crippen molar-refractivity contribution in [2.45, 2.75) is 45.3 Å². The highest BCUT2D eigenvalue weighted by molar-refractivity contribution is 6.51. The molecule has 5 rings (SSSR count). The van der Waals surface area contributed by atoms with E-state index >= 15 is 0 Å². The summed E-state index contributed by atoms with van der Waals surface area (Å²) >= 11 is 0. The van der Waals surface area contributed by atoms with Crippen LogP contribution in [0.15, 0.2) is 97.1 Å². The number of ether oxygens (including phenoxy) is 3. The lowest BCUT2D eigenvalue weighted by Crippen LogP contribution is -2.34. The summed E-state index contributed by atoms with van der Waals surface area (Å²) in [5.74, 6) is 0.926. The van der Waals surface area contributed by atoms with Gasteiger partial charge in [0.25, 0.3) is 0 Å². The van der Waals surface area contributed by atoms with Gasteiger partial charge in [0.05, 0.1) is 26.1 Å². The molecular weight excluding hydrogens is 513 g/mol. The van der Waals surface area contributed by atoms with E-state index in [0.717, 1.165) is 40.6 Å². The fraction of sp³-hybridized carbons (Fsp3) is 0.235. The zero-order valence-electron chi connectivity index (χ0n) is 23.4. The van der Waals surface area contributed by atoms with Crippen molar-refractivity contribution in [3.8, 4) is 11.5 Å². The van der Waals surface area contributed by atoms with Gasteiger partial charge in [-0.2, -0.15) is 0 Å². The van der Waals surface area contributed by atoms with Gasteiger partial charge in [-0.05, 0) is 53.3 Å². The Morgan fingerprint density at radius 1 is 0.902 bits per heavy atom. The van der Waals surface area contributed by atoms with Crippen LogP contribution in [0.1, 0.15) is 40.3 Å². The molecule has 1 aliphatic carbocycles. The number of methoxy groups -OCH3 is 1. The molecule has 1 amide bonds. The van der Waals surface area contributed by atoms with Gasteiger partial charge in [-0.15, -0.1) is 0 Å². The van der Waals surface area contributed by atoms with Crippen LogP contribution in [0.25, 0.3) is 0 Å². The first kappa shape index (κ1) is 28.0. The number of benzene rings is 4. The van der Waals surface area contributed by atoms with E-state index in [1.807, 2.05) is 104 Å². The Balaban J connectivity index is 1.44. The lowest BCUT2D eigenvalue weighted by atomic mass is 9.73. The summed E-state index contributed by atoms with van der Waals surface area (Å²) in [5.41, 5.74) is 6.03. The Kier molecular flexibility index (Phi) is 9.04. The zero-order valence-corrected chi connectivity index (χ0v) is 23.4. The maximum absolute atomic E-state index is 13.7. The van der Waals surface area contributed by atoms with Gasteiger partial charge in [-0.25, -0.2) is 4.79 Å². The Hall–Kier alpha value is -4.52. The van der Waals surface area contributed by atoms with Crippen LogP contribution < -0.4 is 10.2 Å². The van der Waals surface area contributed by atoms with Crippen LogP contribution in [0.5, 0.6) is 11.5 Å². The Bertz CT molecular complexity index is 1510. The molecule has 0 fully saturated rings. The highest BCUT2D eigenvalue weighted by Gasteiger charge is 2.32. The second-order valence-electron chi connectivity index (χ2n) is 10.1. The van der Waals surface area contributed by atoms with Gasteiger partial charge in [0, 0.05) is 5.56 Å². The summed E-state index contributed by atoms with van der Waals surface area (Å²) < 4.78 is 17.0. The molecule has 0 heterocycles. The summed E-state index contributed by atoms with van der Waals surface area (Å²) in [4.78, 5) is 27.4. The maximum Gasteiger partial charge on any atom is 0.410 e. The summed E-state index contributed by atoms with van der Waals surface area (Å²) in [5, 5.41) is 0. The fourth-order valence-corrected chi connectivity index (χ4v) is 5.23. The van der Waals surface area contributed by atoms with Gasteiger partial charge in [-0.3, -0.25) is 9.69 Å². The average Bonchev–Trinajstić information content (AvgIpc) is 3.44. The first-order valence-corrected chi connectivity index (χ1v) is 13.8. The predicted octanol–water partition coefficient (Wildman–Crippen LogP) is 6.40. The quantitative estimate of drug-likeness (QED) is 0.170. The number of nitrogens with zero attached hydrogens (tertiary/aromatic N) is 1. The van der Waals surface area contributed by atoms with Crippen molar-refractivity contribution in [3.63, 3.8) is 0 Å². The third-order valence-corrected chi connectivity index (χ3v) is 7.38. The van der Waals surface area contributed by atoms with Gasteiger partial charge >= 0.3 is 12.1 Å². The van der Waals surface area contributed by atoms with Gasteiger partial charge in [0.1, 0.15) is 25.4 Å². The fourth-order valence-electron chi connectivity index (χ4n) is 5.23. The minimum absolute atomic E-state index is 0.111. The average molecular weight is 546 g/mol. The predicted molar refractivity (Wildman–Crippen MR) is 160 cm³/mol. The van der Waals surface area contributed by atoms with E-state index in [9.17, 15) is 9.59 Å². The van der Waals surface area contributed by atoms with Gasteiger partial charge < -0.3 is 14.2 Å². The highest BCUT2D eigenvalue weighted by Crippen LogP contribution is 2.38. The zero-order chi connectivity index (χ0) is 28.6. The molecule has 0 saturated carbocycles. The van der Waals surface area contributed by atoms with Crippen LogP contribution in [-0.4, -0.2) is 31.4 Å². The van der Waals surface area contributed by atoms with Crippen molar-refractivity contribution in [1.29, 1.82) is 0 Å². The summed E-state index contributed by atoms with van der Waals surface area (Å²) in [6.45, 7) is 2.49. The van der Waals surface area contributed by atoms with Crippen LogP contribution in [0, 0.1) is 0 Å². The molecule has 0 aromatic heterocycles. The number of carbonyl (C=O) groups is 2. The van der Waals surface area contributed by atoms with Crippen LogP contribution >= 0.6 is 0 Å². The second-order valence-corrected chi connectivity index (χ2v) is 10.1. The molecule has 1 atom stereocenters. The number of aryl methyl sites for hydroxylation is 1. The van der Waals surface area contributed by atoms with Crippen molar-refractivity contribution >= 4 is 24.8 Å². The number of amides is 1. The Morgan fingerprint density at radius 2 is 1.68 bits per heavy atom. The minimum Gasteiger partial charge on any atom is -0.469 e. The molecule has 0 bridgehead atoms. The molecule has 1 radical (unpaired) electrons. The number of hydrogen-bond donors (Lipinski definition) is 0. The number of rotatable bonds is 10. The van der Waals surface area contributed by atoms with E-state index in [0.29, 0.717) is 18.0 Å². The third kappa shape index (κ3) is 6.98. The monoisotopic (exact) mass is 546 g/mol. The molecule has 0 unspecified atom stereocenters. The molecule has 0 saturated heterocycles. The molecule has 0 spiro atoms. The summed E-state index contributed by atoms with van der Waals surface area (Å²) in [6.07, 6.45) is 1.52. The first-order valence-electron chi connectivity index (χ1n) is 13.8. The standard InChI is InChI=1S/C34H33BNO5/c1-35-28-16-18-32(41-29-13-8-11-25(19-29)20-33(37)39-2)27(21-28)22-36(31-17-15-26-12-6-7-14-30(26)31)34(38)40-23-24-9-4-3-5-10-24/h3-14,16,18-19,21,31H,15,17,20,22-23H2,1-2H3/t31-/m0/s1. The molecule has 4 aromatic rings. The van der Waals surface area contributed by atoms with Crippen LogP contribution in [0.2, 0.25) is 6.82 Å². The number of carbonyl (C=O) groups excluding carboxylic acids is 2. The lowest BCUT2D eigenvalue weighted by molar-refractivity contribution is -0.139. The van der Waals surface area contributed by atoms with E-state index in [1.165, 1.54) is 12.7 Å². The summed E-state index contributed by atoms with van der Waals surface area (Å²) in [6, 6.07) is 31.2. The summed E-state index contributed by atoms with van der Waals surface area (Å²) in [7, 11) is 3.40. The topological polar surface area (TPSA) is 65.1 Å². The first-order chi connectivity index (χ1) is 20.0. The SMILES string of the molecule is C[B]c1ccc(Oc2cccc(CC(=O)OC)c2)c(CN(C(=O)OCc2ccccc2)[C@H]2CCc3ccccc32)c1.